The van der Waals surface area contributed by atoms with Crippen LogP contribution in [-0.4, -0.2) is 58.7 Å². The zero-order valence-corrected chi connectivity index (χ0v) is 9.30. The third kappa shape index (κ3) is 2.82. The van der Waals surface area contributed by atoms with Crippen LogP contribution in [0.4, 0.5) is 5.82 Å². The number of aliphatic carboxylic acids is 1. The van der Waals surface area contributed by atoms with Gasteiger partial charge in [0.25, 0.3) is 5.56 Å². The van der Waals surface area contributed by atoms with Crippen LogP contribution in [0.2, 0.25) is 0 Å². The van der Waals surface area contributed by atoms with Crippen LogP contribution in [-0.2, 0) is 4.79 Å². The summed E-state index contributed by atoms with van der Waals surface area (Å²) in [6, 6.07) is 0. The molecule has 0 bridgehead atoms. The molecule has 0 atom stereocenters. The van der Waals surface area contributed by atoms with Crippen LogP contribution < -0.4 is 10.5 Å². The van der Waals surface area contributed by atoms with E-state index in [0.717, 1.165) is 0 Å². The highest BCUT2D eigenvalue weighted by Gasteiger charge is 2.20. The molecule has 0 saturated carbocycles. The first-order chi connectivity index (χ1) is 8.16. The predicted octanol–water partition coefficient (Wildman–Crippen LogP) is -1.02. The quantitative estimate of drug-likeness (QED) is 0.700. The number of aromatic amines is 1. The molecule has 0 amide bonds. The van der Waals surface area contributed by atoms with Crippen molar-refractivity contribution in [3.63, 3.8) is 0 Å². The Labute approximate surface area is 97.7 Å². The fourth-order valence-corrected chi connectivity index (χ4v) is 1.88. The van der Waals surface area contributed by atoms with Gasteiger partial charge in [0, 0.05) is 38.6 Å². The Balaban J connectivity index is 1.98. The molecular weight excluding hydrogens is 224 g/mol. The third-order valence-electron chi connectivity index (χ3n) is 2.72. The van der Waals surface area contributed by atoms with Crippen molar-refractivity contribution >= 4 is 11.8 Å². The molecule has 7 nitrogen and oxygen atoms in total. The zero-order valence-electron chi connectivity index (χ0n) is 9.30. The lowest BCUT2D eigenvalue weighted by molar-refractivity contribution is -0.138. The highest BCUT2D eigenvalue weighted by molar-refractivity contribution is 5.69. The summed E-state index contributed by atoms with van der Waals surface area (Å²) >= 11 is 0. The molecule has 0 unspecified atom stereocenters. The van der Waals surface area contributed by atoms with Gasteiger partial charge in [-0.3, -0.25) is 14.5 Å². The number of aromatic nitrogens is 2. The Morgan fingerprint density at radius 3 is 2.71 bits per heavy atom. The second-order valence-corrected chi connectivity index (χ2v) is 3.90. The van der Waals surface area contributed by atoms with Gasteiger partial charge in [0.15, 0.2) is 5.82 Å². The second-order valence-electron chi connectivity index (χ2n) is 3.90. The second kappa shape index (κ2) is 4.96. The number of hydrogen-bond acceptors (Lipinski definition) is 5. The van der Waals surface area contributed by atoms with Gasteiger partial charge in [0.1, 0.15) is 0 Å². The largest absolute Gasteiger partial charge is 0.480 e. The fourth-order valence-electron chi connectivity index (χ4n) is 1.88. The molecule has 1 aliphatic heterocycles. The highest BCUT2D eigenvalue weighted by atomic mass is 16.4. The summed E-state index contributed by atoms with van der Waals surface area (Å²) in [6.07, 6.45) is 3.03. The van der Waals surface area contributed by atoms with Crippen LogP contribution in [0.5, 0.6) is 0 Å². The van der Waals surface area contributed by atoms with E-state index in [4.69, 9.17) is 5.11 Å². The first-order valence-corrected chi connectivity index (χ1v) is 5.39. The highest BCUT2D eigenvalue weighted by Crippen LogP contribution is 2.07. The average molecular weight is 238 g/mol. The van der Waals surface area contributed by atoms with E-state index < -0.39 is 5.97 Å². The Morgan fingerprint density at radius 2 is 2.12 bits per heavy atom. The lowest BCUT2D eigenvalue weighted by atomic mass is 10.3. The number of nitrogens with zero attached hydrogens (tertiary/aromatic N) is 3. The minimum Gasteiger partial charge on any atom is -0.480 e. The molecule has 17 heavy (non-hydrogen) atoms. The third-order valence-corrected chi connectivity index (χ3v) is 2.72. The molecule has 1 saturated heterocycles. The van der Waals surface area contributed by atoms with Crippen molar-refractivity contribution < 1.29 is 9.90 Å². The maximum absolute atomic E-state index is 11.5. The maximum Gasteiger partial charge on any atom is 0.317 e. The monoisotopic (exact) mass is 238 g/mol. The minimum atomic E-state index is -0.825. The van der Waals surface area contributed by atoms with Crippen molar-refractivity contribution in [1.29, 1.82) is 0 Å². The van der Waals surface area contributed by atoms with Gasteiger partial charge in [-0.05, 0) is 0 Å². The molecule has 0 spiro atoms. The Kier molecular flexibility index (Phi) is 3.38. The number of carbonyl (C=O) groups is 1. The summed E-state index contributed by atoms with van der Waals surface area (Å²) in [4.78, 5) is 32.4. The van der Waals surface area contributed by atoms with Crippen molar-refractivity contribution in [2.24, 2.45) is 0 Å². The van der Waals surface area contributed by atoms with Gasteiger partial charge in [-0.15, -0.1) is 0 Å². The van der Waals surface area contributed by atoms with Crippen LogP contribution in [0.1, 0.15) is 0 Å². The van der Waals surface area contributed by atoms with E-state index in [1.807, 2.05) is 9.80 Å². The fraction of sp³-hybridized carbons (Fsp3) is 0.500. The van der Waals surface area contributed by atoms with E-state index in [0.29, 0.717) is 32.0 Å². The van der Waals surface area contributed by atoms with Crippen LogP contribution in [0.3, 0.4) is 0 Å². The standard InChI is InChI=1S/C10H14N4O3/c15-8(16)7-13-3-5-14(6-4-13)9-10(17)12-2-1-11-9/h1-2H,3-7H2,(H,12,17)(H,15,16). The Hall–Kier alpha value is -1.89. The van der Waals surface area contributed by atoms with Crippen molar-refractivity contribution in [2.75, 3.05) is 37.6 Å². The van der Waals surface area contributed by atoms with E-state index >= 15 is 0 Å². The van der Waals surface area contributed by atoms with Gasteiger partial charge in [-0.25, -0.2) is 4.98 Å². The first-order valence-electron chi connectivity index (χ1n) is 5.39. The molecule has 0 aliphatic carbocycles. The number of anilines is 1. The topological polar surface area (TPSA) is 89.5 Å². The molecule has 1 aromatic heterocycles. The van der Waals surface area contributed by atoms with Gasteiger partial charge in [-0.1, -0.05) is 0 Å². The SMILES string of the molecule is O=C(O)CN1CCN(c2ncc[nH]c2=O)CC1. The van der Waals surface area contributed by atoms with Gasteiger partial charge >= 0.3 is 5.97 Å². The average Bonchev–Trinajstić information content (AvgIpc) is 2.30. The molecule has 2 heterocycles. The van der Waals surface area contributed by atoms with E-state index in [-0.39, 0.29) is 12.1 Å². The van der Waals surface area contributed by atoms with E-state index in [2.05, 4.69) is 9.97 Å². The Bertz CT molecular complexity index is 451. The summed E-state index contributed by atoms with van der Waals surface area (Å²) in [7, 11) is 0. The summed E-state index contributed by atoms with van der Waals surface area (Å²) in [5, 5.41) is 8.67. The smallest absolute Gasteiger partial charge is 0.317 e. The Morgan fingerprint density at radius 1 is 1.41 bits per heavy atom. The summed E-state index contributed by atoms with van der Waals surface area (Å²) < 4.78 is 0. The zero-order chi connectivity index (χ0) is 12.3. The molecule has 2 rings (SSSR count). The molecule has 1 fully saturated rings. The lowest BCUT2D eigenvalue weighted by Crippen LogP contribution is -2.49. The van der Waals surface area contributed by atoms with E-state index in [1.54, 1.807) is 6.20 Å². The molecule has 0 radical (unpaired) electrons. The van der Waals surface area contributed by atoms with Gasteiger partial charge in [0.05, 0.1) is 6.54 Å². The van der Waals surface area contributed by atoms with Crippen LogP contribution in [0.25, 0.3) is 0 Å². The maximum atomic E-state index is 11.5. The number of carboxylic acid groups (broad SMARTS) is 1. The van der Waals surface area contributed by atoms with E-state index in [1.165, 1.54) is 6.20 Å². The number of rotatable bonds is 3. The van der Waals surface area contributed by atoms with Crippen molar-refractivity contribution in [1.82, 2.24) is 14.9 Å². The van der Waals surface area contributed by atoms with Crippen molar-refractivity contribution in [3.8, 4) is 0 Å². The van der Waals surface area contributed by atoms with Crippen LogP contribution in [0, 0.1) is 0 Å². The molecule has 7 heteroatoms. The number of piperazine rings is 1. The molecule has 1 aliphatic rings. The normalized spacial score (nSPS) is 17.1. The molecular formula is C10H14N4O3. The minimum absolute atomic E-state index is 0.0480. The van der Waals surface area contributed by atoms with Gasteiger partial charge in [0.2, 0.25) is 0 Å². The van der Waals surface area contributed by atoms with Crippen LogP contribution >= 0.6 is 0 Å². The first kappa shape index (κ1) is 11.6. The van der Waals surface area contributed by atoms with Crippen molar-refractivity contribution in [3.05, 3.63) is 22.7 Å². The molecule has 92 valence electrons. The molecule has 0 aromatic carbocycles. The van der Waals surface area contributed by atoms with E-state index in [9.17, 15) is 9.59 Å². The number of carboxylic acids is 1. The number of nitrogens with one attached hydrogen (secondary N) is 1. The lowest BCUT2D eigenvalue weighted by Gasteiger charge is -2.33. The van der Waals surface area contributed by atoms with Gasteiger partial charge < -0.3 is 15.0 Å². The molecule has 2 N–H and O–H groups in total. The van der Waals surface area contributed by atoms with Crippen LogP contribution in [0.15, 0.2) is 17.2 Å². The molecule has 1 aromatic rings. The summed E-state index contributed by atoms with van der Waals surface area (Å²) in [6.45, 7) is 2.54. The summed E-state index contributed by atoms with van der Waals surface area (Å²) in [5.41, 5.74) is -0.209. The van der Waals surface area contributed by atoms with Gasteiger partial charge in [-0.2, -0.15) is 0 Å². The number of H-pyrrole nitrogens is 1. The number of hydrogen-bond donors (Lipinski definition) is 2. The predicted molar refractivity (Wildman–Crippen MR) is 61.1 cm³/mol. The summed E-state index contributed by atoms with van der Waals surface area (Å²) in [5.74, 6) is -0.420. The van der Waals surface area contributed by atoms with Crippen molar-refractivity contribution in [2.45, 2.75) is 0 Å².